The number of fused-ring (bicyclic) bond motifs is 5. The third kappa shape index (κ3) is 3.38. The van der Waals surface area contributed by atoms with E-state index in [-0.39, 0.29) is 51.1 Å². The fourth-order valence-corrected chi connectivity index (χ4v) is 7.15. The molecule has 7 atom stereocenters. The number of hydrogen-bond donors (Lipinski definition) is 0. The number of para-hydroxylation sites is 1. The van der Waals surface area contributed by atoms with Gasteiger partial charge in [-0.1, -0.05) is 63.9 Å². The number of aryl methyl sites for hydroxylation is 1. The molecule has 3 fully saturated rings. The number of esters is 1. The molecule has 1 aliphatic heterocycles. The zero-order chi connectivity index (χ0) is 21.0. The minimum absolute atomic E-state index is 0.128. The average Bonchev–Trinajstić information content (AvgIpc) is 3.27. The number of benzene rings is 1. The van der Waals surface area contributed by atoms with Gasteiger partial charge in [-0.15, -0.1) is 0 Å². The lowest BCUT2D eigenvalue weighted by molar-refractivity contribution is -0.154. The molecule has 2 amide bonds. The van der Waals surface area contributed by atoms with Crippen molar-refractivity contribution in [2.75, 3.05) is 0 Å². The van der Waals surface area contributed by atoms with Crippen LogP contribution in [-0.2, 0) is 14.4 Å². The van der Waals surface area contributed by atoms with Crippen LogP contribution >= 0.6 is 31.9 Å². The van der Waals surface area contributed by atoms with Crippen molar-refractivity contribution in [1.82, 2.24) is 4.90 Å². The van der Waals surface area contributed by atoms with Crippen molar-refractivity contribution in [2.45, 2.75) is 49.3 Å². The third-order valence-corrected chi connectivity index (χ3v) is 9.81. The first-order valence-corrected chi connectivity index (χ1v) is 12.0. The van der Waals surface area contributed by atoms with Crippen LogP contribution in [0.5, 0.6) is 5.75 Å². The van der Waals surface area contributed by atoms with E-state index in [0.29, 0.717) is 12.2 Å². The Balaban J connectivity index is 1.62. The van der Waals surface area contributed by atoms with E-state index >= 15 is 0 Å². The Morgan fingerprint density at radius 2 is 1.66 bits per heavy atom. The number of likely N-dealkylation sites (tertiary alicyclic amines) is 1. The molecule has 156 valence electrons. The van der Waals surface area contributed by atoms with E-state index in [1.54, 1.807) is 12.1 Å². The lowest BCUT2D eigenvalue weighted by Crippen LogP contribution is -2.48. The van der Waals surface area contributed by atoms with Crippen LogP contribution in [0.15, 0.2) is 24.3 Å². The molecule has 4 rings (SSSR count). The summed E-state index contributed by atoms with van der Waals surface area (Å²) < 4.78 is 5.65. The van der Waals surface area contributed by atoms with Crippen LogP contribution in [0.3, 0.4) is 0 Å². The second kappa shape index (κ2) is 7.80. The highest BCUT2D eigenvalue weighted by atomic mass is 79.9. The first-order valence-electron chi connectivity index (χ1n) is 10.1. The summed E-state index contributed by atoms with van der Waals surface area (Å²) in [5.74, 6) is -0.744. The van der Waals surface area contributed by atoms with Crippen LogP contribution in [0.4, 0.5) is 0 Å². The van der Waals surface area contributed by atoms with Crippen LogP contribution in [0.1, 0.15) is 32.3 Å². The van der Waals surface area contributed by atoms with Gasteiger partial charge in [0.25, 0.3) is 0 Å². The third-order valence-electron chi connectivity index (χ3n) is 6.60. The zero-order valence-corrected chi connectivity index (χ0v) is 19.9. The number of carbonyl (C=O) groups is 3. The summed E-state index contributed by atoms with van der Waals surface area (Å²) in [5.41, 5.74) is 0.836. The molecule has 7 heteroatoms. The van der Waals surface area contributed by atoms with Gasteiger partial charge in [0.2, 0.25) is 11.8 Å². The minimum atomic E-state index is -0.887. The molecule has 2 aliphatic carbocycles. The van der Waals surface area contributed by atoms with Crippen molar-refractivity contribution in [3.05, 3.63) is 29.8 Å². The summed E-state index contributed by atoms with van der Waals surface area (Å²) in [4.78, 5) is 41.4. The van der Waals surface area contributed by atoms with Gasteiger partial charge in [0, 0.05) is 9.65 Å². The summed E-state index contributed by atoms with van der Waals surface area (Å²) in [5, 5.41) is 0. The molecule has 0 radical (unpaired) electrons. The molecular weight excluding hydrogens is 502 g/mol. The number of ether oxygens (including phenoxy) is 1. The van der Waals surface area contributed by atoms with E-state index in [0.717, 1.165) is 12.0 Å². The van der Waals surface area contributed by atoms with E-state index in [1.807, 2.05) is 32.9 Å². The van der Waals surface area contributed by atoms with Gasteiger partial charge in [-0.25, -0.2) is 4.79 Å². The highest BCUT2D eigenvalue weighted by Crippen LogP contribution is 2.60. The largest absolute Gasteiger partial charge is 0.425 e. The Bertz CT molecular complexity index is 825. The Labute approximate surface area is 187 Å². The van der Waals surface area contributed by atoms with Gasteiger partial charge in [0.1, 0.15) is 11.8 Å². The maximum absolute atomic E-state index is 13.3. The van der Waals surface area contributed by atoms with Gasteiger partial charge in [-0.2, -0.15) is 0 Å². The Morgan fingerprint density at radius 1 is 1.10 bits per heavy atom. The fourth-order valence-electron chi connectivity index (χ4n) is 5.28. The van der Waals surface area contributed by atoms with E-state index in [2.05, 4.69) is 31.9 Å². The minimum Gasteiger partial charge on any atom is -0.425 e. The smallest absolute Gasteiger partial charge is 0.334 e. The molecule has 29 heavy (non-hydrogen) atoms. The number of carbonyl (C=O) groups excluding carboxylic acids is 3. The number of amides is 2. The topological polar surface area (TPSA) is 63.7 Å². The Hall–Kier alpha value is -1.21. The van der Waals surface area contributed by atoms with Gasteiger partial charge in [0.05, 0.1) is 11.8 Å². The lowest BCUT2D eigenvalue weighted by atomic mass is 9.81. The molecule has 1 heterocycles. The molecule has 3 aliphatic rings. The van der Waals surface area contributed by atoms with E-state index in [9.17, 15) is 14.4 Å². The molecule has 1 saturated heterocycles. The van der Waals surface area contributed by atoms with Gasteiger partial charge < -0.3 is 4.74 Å². The van der Waals surface area contributed by atoms with Gasteiger partial charge in [-0.3, -0.25) is 14.5 Å². The molecule has 1 aromatic carbocycles. The van der Waals surface area contributed by atoms with Crippen LogP contribution in [0.25, 0.3) is 0 Å². The number of alkyl halides is 2. The average molecular weight is 527 g/mol. The van der Waals surface area contributed by atoms with Crippen molar-refractivity contribution in [3.8, 4) is 5.75 Å². The number of hydrogen-bond acceptors (Lipinski definition) is 4. The predicted octanol–water partition coefficient (Wildman–Crippen LogP) is 4.09. The number of rotatable bonds is 5. The van der Waals surface area contributed by atoms with Crippen molar-refractivity contribution < 1.29 is 19.1 Å². The number of nitrogens with zero attached hydrogens (tertiary/aromatic N) is 1. The van der Waals surface area contributed by atoms with Crippen LogP contribution in [0, 0.1) is 36.5 Å². The molecule has 0 unspecified atom stereocenters. The summed E-state index contributed by atoms with van der Waals surface area (Å²) >= 11 is 7.41. The summed E-state index contributed by atoms with van der Waals surface area (Å²) in [7, 11) is 0. The van der Waals surface area contributed by atoms with Crippen molar-refractivity contribution in [1.29, 1.82) is 0 Å². The maximum Gasteiger partial charge on any atom is 0.334 e. The molecule has 2 bridgehead atoms. The Morgan fingerprint density at radius 3 is 2.17 bits per heavy atom. The maximum atomic E-state index is 13.3. The molecular formula is C22H25Br2NO4. The van der Waals surface area contributed by atoms with E-state index < -0.39 is 12.0 Å². The van der Waals surface area contributed by atoms with Gasteiger partial charge >= 0.3 is 5.97 Å². The molecule has 0 aromatic heterocycles. The highest BCUT2D eigenvalue weighted by molar-refractivity contribution is 9.12. The second-order valence-corrected chi connectivity index (χ2v) is 11.0. The monoisotopic (exact) mass is 525 g/mol. The van der Waals surface area contributed by atoms with E-state index in [4.69, 9.17) is 4.74 Å². The van der Waals surface area contributed by atoms with Crippen molar-refractivity contribution in [2.24, 2.45) is 29.6 Å². The first-order chi connectivity index (χ1) is 13.7. The van der Waals surface area contributed by atoms with Gasteiger partial charge in [-0.05, 0) is 49.1 Å². The predicted molar refractivity (Wildman–Crippen MR) is 116 cm³/mol. The molecule has 2 saturated carbocycles. The van der Waals surface area contributed by atoms with E-state index in [1.165, 1.54) is 4.90 Å². The van der Waals surface area contributed by atoms with Crippen molar-refractivity contribution in [3.63, 3.8) is 0 Å². The number of halogens is 2. The summed E-state index contributed by atoms with van der Waals surface area (Å²) in [6.45, 7) is 5.82. The van der Waals surface area contributed by atoms with Crippen LogP contribution < -0.4 is 4.74 Å². The summed E-state index contributed by atoms with van der Waals surface area (Å²) in [6, 6.07) is 6.37. The highest BCUT2D eigenvalue weighted by Gasteiger charge is 2.67. The Kier molecular flexibility index (Phi) is 5.66. The van der Waals surface area contributed by atoms with Crippen molar-refractivity contribution >= 4 is 49.6 Å². The molecule has 0 N–H and O–H groups in total. The second-order valence-electron chi connectivity index (χ2n) is 8.88. The zero-order valence-electron chi connectivity index (χ0n) is 16.7. The molecule has 1 aromatic rings. The summed E-state index contributed by atoms with van der Waals surface area (Å²) in [6.07, 6.45) is 1.27. The fraction of sp³-hybridized carbons (Fsp3) is 0.591. The first kappa shape index (κ1) is 21.0. The number of imide groups is 1. The quantitative estimate of drug-likeness (QED) is 0.251. The standard InChI is InChI=1S/C22H25Br2NO4/c1-10(2)8-14(22(28)29-15-7-5-4-6-11(15)3)25-20(26)16-12-9-13(17(16)21(25)27)19(24)18(12)23/h4-7,10,12-14,16-19H,8-9H2,1-3H3/t12-,13-,14+,16-,17+,18+,19+/m1/s1. The normalized spacial score (nSPS) is 34.1. The van der Waals surface area contributed by atoms with Crippen LogP contribution in [-0.4, -0.2) is 38.4 Å². The lowest BCUT2D eigenvalue weighted by Gasteiger charge is -2.28. The molecule has 0 spiro atoms. The SMILES string of the molecule is Cc1ccccc1OC(=O)[C@H](CC(C)C)N1C(=O)[C@@H]2[C@H]3C[C@@H]([C@H](Br)[C@H]3Br)[C@@H]2C1=O. The molecule has 5 nitrogen and oxygen atoms in total. The van der Waals surface area contributed by atoms with Gasteiger partial charge in [0.15, 0.2) is 0 Å². The van der Waals surface area contributed by atoms with Crippen LogP contribution in [0.2, 0.25) is 0 Å².